The van der Waals surface area contributed by atoms with Crippen molar-refractivity contribution in [3.63, 3.8) is 0 Å². The first-order valence-corrected chi connectivity index (χ1v) is 6.55. The Hall–Kier alpha value is -1.39. The van der Waals surface area contributed by atoms with Crippen LogP contribution >= 0.6 is 11.3 Å². The second kappa shape index (κ2) is 4.13. The molecule has 4 heteroatoms. The summed E-state index contributed by atoms with van der Waals surface area (Å²) in [5.41, 5.74) is 7.87. The SMILES string of the molecule is Nc1ncc(C(O)c2ccccc2C2CC2)s1. The molecule has 3 N–H and O–H groups in total. The van der Waals surface area contributed by atoms with Crippen LogP contribution in [0, 0.1) is 0 Å². The molecule has 0 bridgehead atoms. The van der Waals surface area contributed by atoms with E-state index in [0.717, 1.165) is 10.4 Å². The van der Waals surface area contributed by atoms with Crippen LogP contribution < -0.4 is 5.73 Å². The van der Waals surface area contributed by atoms with Crippen LogP contribution in [0.1, 0.15) is 40.9 Å². The molecule has 0 saturated heterocycles. The standard InChI is InChI=1S/C13H14N2OS/c14-13-15-7-11(17-13)12(16)10-4-2-1-3-9(10)8-5-6-8/h1-4,7-8,12,16H,5-6H2,(H2,14,15). The monoisotopic (exact) mass is 246 g/mol. The van der Waals surface area contributed by atoms with E-state index in [1.54, 1.807) is 6.20 Å². The lowest BCUT2D eigenvalue weighted by Gasteiger charge is -2.13. The summed E-state index contributed by atoms with van der Waals surface area (Å²) in [5.74, 6) is 0.631. The van der Waals surface area contributed by atoms with E-state index < -0.39 is 6.10 Å². The number of anilines is 1. The largest absolute Gasteiger partial charge is 0.383 e. The highest BCUT2D eigenvalue weighted by Gasteiger charge is 2.28. The maximum Gasteiger partial charge on any atom is 0.180 e. The van der Waals surface area contributed by atoms with Crippen LogP contribution in [0.5, 0.6) is 0 Å². The Morgan fingerprint density at radius 1 is 1.35 bits per heavy atom. The van der Waals surface area contributed by atoms with Crippen molar-refractivity contribution in [2.75, 3.05) is 5.73 Å². The van der Waals surface area contributed by atoms with E-state index in [0.29, 0.717) is 11.0 Å². The van der Waals surface area contributed by atoms with Crippen molar-refractivity contribution in [1.29, 1.82) is 0 Å². The predicted octanol–water partition coefficient (Wildman–Crippen LogP) is 2.68. The van der Waals surface area contributed by atoms with Crippen LogP contribution in [-0.2, 0) is 0 Å². The van der Waals surface area contributed by atoms with E-state index in [1.165, 1.54) is 29.7 Å². The molecule has 0 spiro atoms. The second-order valence-electron chi connectivity index (χ2n) is 4.41. The van der Waals surface area contributed by atoms with E-state index in [1.807, 2.05) is 18.2 Å². The van der Waals surface area contributed by atoms with Crippen LogP contribution in [0.25, 0.3) is 0 Å². The van der Waals surface area contributed by atoms with E-state index in [2.05, 4.69) is 11.1 Å². The Morgan fingerprint density at radius 3 is 2.76 bits per heavy atom. The minimum atomic E-state index is -0.596. The van der Waals surface area contributed by atoms with Gasteiger partial charge in [-0.3, -0.25) is 0 Å². The Balaban J connectivity index is 1.98. The van der Waals surface area contributed by atoms with Crippen molar-refractivity contribution in [3.05, 3.63) is 46.5 Å². The third-order valence-corrected chi connectivity index (χ3v) is 4.00. The highest BCUT2D eigenvalue weighted by atomic mass is 32.1. The minimum Gasteiger partial charge on any atom is -0.383 e. The van der Waals surface area contributed by atoms with Crippen molar-refractivity contribution in [3.8, 4) is 0 Å². The Bertz CT molecular complexity index is 534. The molecule has 88 valence electrons. The Morgan fingerprint density at radius 2 is 2.12 bits per heavy atom. The van der Waals surface area contributed by atoms with E-state index in [4.69, 9.17) is 5.73 Å². The summed E-state index contributed by atoms with van der Waals surface area (Å²) in [5, 5.41) is 10.9. The van der Waals surface area contributed by atoms with E-state index in [-0.39, 0.29) is 0 Å². The number of aliphatic hydroxyl groups excluding tert-OH is 1. The van der Waals surface area contributed by atoms with Gasteiger partial charge in [0.25, 0.3) is 0 Å². The predicted molar refractivity (Wildman–Crippen MR) is 69.0 cm³/mol. The highest BCUT2D eigenvalue weighted by molar-refractivity contribution is 7.15. The molecule has 1 aromatic heterocycles. The molecule has 0 aliphatic heterocycles. The summed E-state index contributed by atoms with van der Waals surface area (Å²) in [4.78, 5) is 4.81. The average molecular weight is 246 g/mol. The van der Waals surface area contributed by atoms with Gasteiger partial charge < -0.3 is 10.8 Å². The molecule has 2 aromatic rings. The van der Waals surface area contributed by atoms with Gasteiger partial charge in [0.15, 0.2) is 5.13 Å². The zero-order valence-corrected chi connectivity index (χ0v) is 10.2. The first-order chi connectivity index (χ1) is 8.25. The van der Waals surface area contributed by atoms with Gasteiger partial charge in [0.1, 0.15) is 6.10 Å². The molecule has 1 heterocycles. The molecule has 1 aliphatic rings. The lowest BCUT2D eigenvalue weighted by molar-refractivity contribution is 0.222. The van der Waals surface area contributed by atoms with Gasteiger partial charge in [-0.1, -0.05) is 35.6 Å². The number of aromatic nitrogens is 1. The van der Waals surface area contributed by atoms with Gasteiger partial charge in [-0.05, 0) is 29.9 Å². The third kappa shape index (κ3) is 2.06. The summed E-state index contributed by atoms with van der Waals surface area (Å²) in [6.07, 6.45) is 3.53. The fourth-order valence-corrected chi connectivity index (χ4v) is 2.80. The normalized spacial score (nSPS) is 17.0. The first-order valence-electron chi connectivity index (χ1n) is 5.74. The fraction of sp³-hybridized carbons (Fsp3) is 0.308. The number of thiazole rings is 1. The summed E-state index contributed by atoms with van der Waals surface area (Å²) < 4.78 is 0. The van der Waals surface area contributed by atoms with Crippen LogP contribution in [0.15, 0.2) is 30.5 Å². The number of nitrogens with zero attached hydrogens (tertiary/aromatic N) is 1. The number of rotatable bonds is 3. The number of aliphatic hydroxyl groups is 1. The zero-order chi connectivity index (χ0) is 11.8. The minimum absolute atomic E-state index is 0.503. The molecule has 1 unspecified atom stereocenters. The lowest BCUT2D eigenvalue weighted by Crippen LogP contribution is -2.01. The van der Waals surface area contributed by atoms with Gasteiger partial charge in [-0.25, -0.2) is 4.98 Å². The van der Waals surface area contributed by atoms with Crippen molar-refractivity contribution in [1.82, 2.24) is 4.98 Å². The van der Waals surface area contributed by atoms with Crippen LogP contribution in [0.3, 0.4) is 0 Å². The number of nitrogens with two attached hydrogens (primary N) is 1. The van der Waals surface area contributed by atoms with Crippen molar-refractivity contribution in [2.45, 2.75) is 24.9 Å². The topological polar surface area (TPSA) is 59.1 Å². The third-order valence-electron chi connectivity index (χ3n) is 3.12. The highest BCUT2D eigenvalue weighted by Crippen LogP contribution is 2.44. The molecule has 1 aromatic carbocycles. The summed E-state index contributed by atoms with van der Waals surface area (Å²) >= 11 is 1.35. The number of nitrogen functional groups attached to an aromatic ring is 1. The molecule has 1 atom stereocenters. The van der Waals surface area contributed by atoms with Gasteiger partial charge in [0, 0.05) is 6.20 Å². The average Bonchev–Trinajstić information content (AvgIpc) is 3.11. The molecular weight excluding hydrogens is 232 g/mol. The number of hydrogen-bond donors (Lipinski definition) is 2. The van der Waals surface area contributed by atoms with E-state index >= 15 is 0 Å². The van der Waals surface area contributed by atoms with E-state index in [9.17, 15) is 5.11 Å². The summed E-state index contributed by atoms with van der Waals surface area (Å²) in [7, 11) is 0. The molecule has 1 aliphatic carbocycles. The molecule has 1 saturated carbocycles. The maximum atomic E-state index is 10.4. The van der Waals surface area contributed by atoms with Crippen molar-refractivity contribution in [2.24, 2.45) is 0 Å². The summed E-state index contributed by atoms with van der Waals surface area (Å²) in [6.45, 7) is 0. The quantitative estimate of drug-likeness (QED) is 0.875. The van der Waals surface area contributed by atoms with Crippen LogP contribution in [-0.4, -0.2) is 10.1 Å². The van der Waals surface area contributed by atoms with Gasteiger partial charge in [-0.15, -0.1) is 0 Å². The number of hydrogen-bond acceptors (Lipinski definition) is 4. The smallest absolute Gasteiger partial charge is 0.180 e. The van der Waals surface area contributed by atoms with Crippen molar-refractivity contribution >= 4 is 16.5 Å². The van der Waals surface area contributed by atoms with Crippen LogP contribution in [0.4, 0.5) is 5.13 Å². The zero-order valence-electron chi connectivity index (χ0n) is 9.34. The Labute approximate surface area is 104 Å². The first kappa shape index (κ1) is 10.7. The molecular formula is C13H14N2OS. The lowest BCUT2D eigenvalue weighted by atomic mass is 9.98. The van der Waals surface area contributed by atoms with Gasteiger partial charge in [-0.2, -0.15) is 0 Å². The Kier molecular flexibility index (Phi) is 2.61. The molecule has 0 amide bonds. The molecule has 17 heavy (non-hydrogen) atoms. The maximum absolute atomic E-state index is 10.4. The summed E-state index contributed by atoms with van der Waals surface area (Å²) in [6, 6.07) is 8.11. The molecule has 3 nitrogen and oxygen atoms in total. The molecule has 3 rings (SSSR count). The fourth-order valence-electron chi connectivity index (χ4n) is 2.11. The van der Waals surface area contributed by atoms with Gasteiger partial charge >= 0.3 is 0 Å². The van der Waals surface area contributed by atoms with Crippen LogP contribution in [0.2, 0.25) is 0 Å². The second-order valence-corrected chi connectivity index (χ2v) is 5.50. The molecule has 0 radical (unpaired) electrons. The van der Waals surface area contributed by atoms with Gasteiger partial charge in [0.2, 0.25) is 0 Å². The number of benzene rings is 1. The molecule has 1 fully saturated rings. The van der Waals surface area contributed by atoms with Gasteiger partial charge in [0.05, 0.1) is 4.88 Å². The van der Waals surface area contributed by atoms with Crippen molar-refractivity contribution < 1.29 is 5.11 Å².